The first-order valence-electron chi connectivity index (χ1n) is 5.61. The maximum absolute atomic E-state index is 12.4. The van der Waals surface area contributed by atoms with Crippen molar-refractivity contribution in [2.45, 2.75) is 19.5 Å². The van der Waals surface area contributed by atoms with Crippen LogP contribution in [0, 0.1) is 0 Å². The van der Waals surface area contributed by atoms with Gasteiger partial charge in [0.15, 0.2) is 0 Å². The first-order chi connectivity index (χ1) is 7.99. The monoisotopic (exact) mass is 246 g/mol. The van der Waals surface area contributed by atoms with E-state index in [4.69, 9.17) is 5.73 Å². The quantitative estimate of drug-likeness (QED) is 0.865. The van der Waals surface area contributed by atoms with Gasteiger partial charge in [-0.05, 0) is 30.7 Å². The smallest absolute Gasteiger partial charge is 0.370 e. The van der Waals surface area contributed by atoms with E-state index < -0.39 is 11.7 Å². The number of rotatable bonds is 5. The van der Waals surface area contributed by atoms with Crippen molar-refractivity contribution in [2.24, 2.45) is 5.73 Å². The molecule has 0 bridgehead atoms. The predicted octanol–water partition coefficient (Wildman–Crippen LogP) is 2.88. The highest BCUT2D eigenvalue weighted by Gasteiger charge is 2.30. The maximum Gasteiger partial charge on any atom is 0.416 e. The molecule has 2 nitrogen and oxygen atoms in total. The number of hydrogen-bond acceptors (Lipinski definition) is 2. The molecular formula is C12H17F3N2. The molecule has 0 saturated carbocycles. The fourth-order valence-electron chi connectivity index (χ4n) is 1.66. The Morgan fingerprint density at radius 3 is 2.12 bits per heavy atom. The highest BCUT2D eigenvalue weighted by molar-refractivity contribution is 5.48. The average Bonchev–Trinajstić information content (AvgIpc) is 2.28. The van der Waals surface area contributed by atoms with Crippen molar-refractivity contribution in [1.82, 2.24) is 0 Å². The van der Waals surface area contributed by atoms with E-state index in [0.717, 1.165) is 30.8 Å². The van der Waals surface area contributed by atoms with Crippen molar-refractivity contribution in [3.05, 3.63) is 29.8 Å². The molecule has 17 heavy (non-hydrogen) atoms. The summed E-state index contributed by atoms with van der Waals surface area (Å²) in [5, 5.41) is 0. The molecule has 0 amide bonds. The molecule has 1 aromatic carbocycles. The van der Waals surface area contributed by atoms with Crippen LogP contribution >= 0.6 is 0 Å². The first-order valence-corrected chi connectivity index (χ1v) is 5.61. The van der Waals surface area contributed by atoms with Crippen LogP contribution in [0.1, 0.15) is 18.9 Å². The van der Waals surface area contributed by atoms with Gasteiger partial charge in [0.05, 0.1) is 5.56 Å². The third kappa shape index (κ3) is 3.93. The van der Waals surface area contributed by atoms with Crippen LogP contribution in [0.4, 0.5) is 18.9 Å². The summed E-state index contributed by atoms with van der Waals surface area (Å²) in [7, 11) is 0. The summed E-state index contributed by atoms with van der Waals surface area (Å²) >= 11 is 0. The van der Waals surface area contributed by atoms with E-state index in [9.17, 15) is 13.2 Å². The third-order valence-corrected chi connectivity index (χ3v) is 2.45. The summed E-state index contributed by atoms with van der Waals surface area (Å²) in [5.74, 6) is 0. The molecule has 0 atom stereocenters. The Morgan fingerprint density at radius 1 is 1.12 bits per heavy atom. The van der Waals surface area contributed by atoms with Crippen LogP contribution in [0.3, 0.4) is 0 Å². The van der Waals surface area contributed by atoms with Crippen LogP contribution in [0.2, 0.25) is 0 Å². The number of nitrogens with zero attached hydrogens (tertiary/aromatic N) is 1. The summed E-state index contributed by atoms with van der Waals surface area (Å²) in [6.45, 7) is 3.95. The van der Waals surface area contributed by atoms with Crippen molar-refractivity contribution in [1.29, 1.82) is 0 Å². The predicted molar refractivity (Wildman–Crippen MR) is 63.0 cm³/mol. The largest absolute Gasteiger partial charge is 0.416 e. The lowest BCUT2D eigenvalue weighted by atomic mass is 10.2. The summed E-state index contributed by atoms with van der Waals surface area (Å²) in [6.07, 6.45) is -3.34. The van der Waals surface area contributed by atoms with Gasteiger partial charge in [0.25, 0.3) is 0 Å². The number of alkyl halides is 3. The van der Waals surface area contributed by atoms with E-state index in [2.05, 4.69) is 0 Å². The summed E-state index contributed by atoms with van der Waals surface area (Å²) < 4.78 is 37.1. The molecule has 0 fully saturated rings. The lowest BCUT2D eigenvalue weighted by Gasteiger charge is -2.24. The molecule has 1 aromatic rings. The fraction of sp³-hybridized carbons (Fsp3) is 0.500. The zero-order valence-electron chi connectivity index (χ0n) is 9.80. The molecule has 5 heteroatoms. The van der Waals surface area contributed by atoms with Gasteiger partial charge in [0.1, 0.15) is 0 Å². The average molecular weight is 246 g/mol. The zero-order valence-corrected chi connectivity index (χ0v) is 9.80. The lowest BCUT2D eigenvalue weighted by molar-refractivity contribution is -0.137. The van der Waals surface area contributed by atoms with Crippen LogP contribution in [0.25, 0.3) is 0 Å². The van der Waals surface area contributed by atoms with Crippen molar-refractivity contribution < 1.29 is 13.2 Å². The minimum Gasteiger partial charge on any atom is -0.370 e. The normalized spacial score (nSPS) is 11.6. The van der Waals surface area contributed by atoms with Gasteiger partial charge < -0.3 is 10.6 Å². The Labute approximate surface area is 99.2 Å². The van der Waals surface area contributed by atoms with E-state index in [1.54, 1.807) is 0 Å². The van der Waals surface area contributed by atoms with Gasteiger partial charge in [-0.25, -0.2) is 0 Å². The SMILES string of the molecule is CCCN(CCN)c1ccc(C(F)(F)F)cc1. The van der Waals surface area contributed by atoms with Crippen molar-refractivity contribution in [2.75, 3.05) is 24.5 Å². The first kappa shape index (κ1) is 13.8. The molecule has 0 radical (unpaired) electrons. The van der Waals surface area contributed by atoms with Crippen molar-refractivity contribution >= 4 is 5.69 Å². The topological polar surface area (TPSA) is 29.3 Å². The number of nitrogens with two attached hydrogens (primary N) is 1. The van der Waals surface area contributed by atoms with E-state index in [1.165, 1.54) is 12.1 Å². The summed E-state index contributed by atoms with van der Waals surface area (Å²) in [5.41, 5.74) is 5.64. The third-order valence-electron chi connectivity index (χ3n) is 2.45. The molecule has 0 saturated heterocycles. The number of hydrogen-bond donors (Lipinski definition) is 1. The molecule has 0 aliphatic rings. The van der Waals surface area contributed by atoms with Crippen LogP contribution in [0.15, 0.2) is 24.3 Å². The van der Waals surface area contributed by atoms with Crippen molar-refractivity contribution in [3.63, 3.8) is 0 Å². The minimum atomic E-state index is -4.28. The molecule has 0 spiro atoms. The Morgan fingerprint density at radius 2 is 1.71 bits per heavy atom. The van der Waals surface area contributed by atoms with Gasteiger partial charge >= 0.3 is 6.18 Å². The molecule has 0 unspecified atom stereocenters. The van der Waals surface area contributed by atoms with Crippen LogP contribution in [-0.4, -0.2) is 19.6 Å². The Hall–Kier alpha value is -1.23. The second kappa shape index (κ2) is 5.91. The number of benzene rings is 1. The Balaban J connectivity index is 2.84. The molecule has 2 N–H and O–H groups in total. The Kier molecular flexibility index (Phi) is 4.81. The number of anilines is 1. The van der Waals surface area contributed by atoms with Gasteiger partial charge in [-0.2, -0.15) is 13.2 Å². The molecule has 1 rings (SSSR count). The van der Waals surface area contributed by atoms with Gasteiger partial charge in [-0.3, -0.25) is 0 Å². The van der Waals surface area contributed by atoms with E-state index in [-0.39, 0.29) is 0 Å². The summed E-state index contributed by atoms with van der Waals surface area (Å²) in [4.78, 5) is 1.99. The highest BCUT2D eigenvalue weighted by atomic mass is 19.4. The summed E-state index contributed by atoms with van der Waals surface area (Å²) in [6, 6.07) is 5.20. The van der Waals surface area contributed by atoms with Gasteiger partial charge in [0.2, 0.25) is 0 Å². The highest BCUT2D eigenvalue weighted by Crippen LogP contribution is 2.30. The van der Waals surface area contributed by atoms with Gasteiger partial charge in [-0.1, -0.05) is 6.92 Å². The maximum atomic E-state index is 12.4. The molecule has 96 valence electrons. The second-order valence-electron chi connectivity index (χ2n) is 3.82. The van der Waals surface area contributed by atoms with Crippen LogP contribution in [0.5, 0.6) is 0 Å². The van der Waals surface area contributed by atoms with Gasteiger partial charge in [0, 0.05) is 25.3 Å². The van der Waals surface area contributed by atoms with E-state index >= 15 is 0 Å². The van der Waals surface area contributed by atoms with Gasteiger partial charge in [-0.15, -0.1) is 0 Å². The van der Waals surface area contributed by atoms with Crippen LogP contribution < -0.4 is 10.6 Å². The van der Waals surface area contributed by atoms with Crippen molar-refractivity contribution in [3.8, 4) is 0 Å². The molecule has 0 aromatic heterocycles. The zero-order chi connectivity index (χ0) is 12.9. The second-order valence-corrected chi connectivity index (χ2v) is 3.82. The molecule has 0 aliphatic heterocycles. The number of halogens is 3. The lowest BCUT2D eigenvalue weighted by Crippen LogP contribution is -2.30. The fourth-order valence-corrected chi connectivity index (χ4v) is 1.66. The Bertz CT molecular complexity index is 327. The molecular weight excluding hydrogens is 229 g/mol. The van der Waals surface area contributed by atoms with E-state index in [0.29, 0.717) is 13.1 Å². The van der Waals surface area contributed by atoms with E-state index in [1.807, 2.05) is 11.8 Å². The molecule has 0 heterocycles. The van der Waals surface area contributed by atoms with Crippen LogP contribution in [-0.2, 0) is 6.18 Å². The standard InChI is InChI=1S/C12H17F3N2/c1-2-8-17(9-7-16)11-5-3-10(4-6-11)12(13,14)15/h3-6H,2,7-9,16H2,1H3. The molecule has 0 aliphatic carbocycles. The minimum absolute atomic E-state index is 0.487.